The summed E-state index contributed by atoms with van der Waals surface area (Å²) in [7, 11) is 0. The molecule has 70 valence electrons. The van der Waals surface area contributed by atoms with Gasteiger partial charge < -0.3 is 10.4 Å². The standard InChI is InChI=1S/C8H7BrFNO2/c9-6-1-2-7(10)5(3-6)4-11-8(12)13/h1-3,11H,4H2,(H,12,13). The molecule has 0 aliphatic heterocycles. The molecule has 0 spiro atoms. The second kappa shape index (κ2) is 4.23. The van der Waals surface area contributed by atoms with Crippen LogP contribution in [0.2, 0.25) is 0 Å². The fourth-order valence-electron chi connectivity index (χ4n) is 0.850. The smallest absolute Gasteiger partial charge is 0.404 e. The van der Waals surface area contributed by atoms with E-state index in [0.29, 0.717) is 5.56 Å². The van der Waals surface area contributed by atoms with E-state index in [0.717, 1.165) is 4.47 Å². The van der Waals surface area contributed by atoms with Gasteiger partial charge in [0.25, 0.3) is 0 Å². The van der Waals surface area contributed by atoms with Crippen LogP contribution in [0.3, 0.4) is 0 Å². The molecular weight excluding hydrogens is 241 g/mol. The van der Waals surface area contributed by atoms with Crippen LogP contribution < -0.4 is 5.32 Å². The number of amides is 1. The third kappa shape index (κ3) is 3.02. The quantitative estimate of drug-likeness (QED) is 0.843. The molecule has 1 rings (SSSR count). The van der Waals surface area contributed by atoms with Crippen molar-refractivity contribution in [2.24, 2.45) is 0 Å². The van der Waals surface area contributed by atoms with E-state index < -0.39 is 11.9 Å². The van der Waals surface area contributed by atoms with Gasteiger partial charge in [-0.25, -0.2) is 9.18 Å². The first-order chi connectivity index (χ1) is 6.09. The van der Waals surface area contributed by atoms with E-state index in [1.807, 2.05) is 0 Å². The lowest BCUT2D eigenvalue weighted by atomic mass is 10.2. The highest BCUT2D eigenvalue weighted by molar-refractivity contribution is 9.10. The zero-order valence-corrected chi connectivity index (χ0v) is 8.14. The first kappa shape index (κ1) is 9.98. The molecule has 1 aromatic rings. The van der Waals surface area contributed by atoms with Gasteiger partial charge in [-0.1, -0.05) is 15.9 Å². The molecule has 2 N–H and O–H groups in total. The van der Waals surface area contributed by atoms with E-state index in [1.165, 1.54) is 12.1 Å². The van der Waals surface area contributed by atoms with Crippen molar-refractivity contribution in [2.45, 2.75) is 6.54 Å². The molecule has 0 radical (unpaired) electrons. The lowest BCUT2D eigenvalue weighted by Gasteiger charge is -2.03. The van der Waals surface area contributed by atoms with Crippen LogP contribution in [0.4, 0.5) is 9.18 Å². The number of benzene rings is 1. The number of halogens is 2. The normalized spacial score (nSPS) is 9.69. The van der Waals surface area contributed by atoms with Crippen LogP contribution in [0.5, 0.6) is 0 Å². The van der Waals surface area contributed by atoms with E-state index in [-0.39, 0.29) is 6.54 Å². The number of hydrogen-bond donors (Lipinski definition) is 2. The number of nitrogens with one attached hydrogen (secondary N) is 1. The first-order valence-corrected chi connectivity index (χ1v) is 4.29. The van der Waals surface area contributed by atoms with E-state index in [9.17, 15) is 9.18 Å². The SMILES string of the molecule is O=C(O)NCc1cc(Br)ccc1F. The van der Waals surface area contributed by atoms with Gasteiger partial charge >= 0.3 is 6.09 Å². The second-order valence-corrected chi connectivity index (χ2v) is 3.31. The summed E-state index contributed by atoms with van der Waals surface area (Å²) in [5, 5.41) is 10.4. The van der Waals surface area contributed by atoms with Crippen molar-refractivity contribution in [3.8, 4) is 0 Å². The first-order valence-electron chi connectivity index (χ1n) is 3.50. The summed E-state index contributed by atoms with van der Waals surface area (Å²) in [6.07, 6.45) is -1.17. The molecule has 0 saturated heterocycles. The highest BCUT2D eigenvalue weighted by Gasteiger charge is 2.03. The van der Waals surface area contributed by atoms with Crippen LogP contribution in [0.25, 0.3) is 0 Å². The van der Waals surface area contributed by atoms with Crippen LogP contribution >= 0.6 is 15.9 Å². The van der Waals surface area contributed by atoms with Crippen molar-refractivity contribution >= 4 is 22.0 Å². The predicted octanol–water partition coefficient (Wildman–Crippen LogP) is 2.36. The van der Waals surface area contributed by atoms with Crippen LogP contribution in [-0.4, -0.2) is 11.2 Å². The molecule has 5 heteroatoms. The fourth-order valence-corrected chi connectivity index (χ4v) is 1.26. The summed E-state index contributed by atoms with van der Waals surface area (Å²) in [6, 6.07) is 4.37. The largest absolute Gasteiger partial charge is 0.465 e. The average molecular weight is 248 g/mol. The van der Waals surface area contributed by atoms with Gasteiger partial charge in [-0.05, 0) is 18.2 Å². The average Bonchev–Trinajstić information content (AvgIpc) is 2.06. The van der Waals surface area contributed by atoms with Crippen LogP contribution in [-0.2, 0) is 6.54 Å². The maximum absolute atomic E-state index is 13.0. The molecule has 3 nitrogen and oxygen atoms in total. The lowest BCUT2D eigenvalue weighted by Crippen LogP contribution is -2.20. The van der Waals surface area contributed by atoms with E-state index >= 15 is 0 Å². The maximum Gasteiger partial charge on any atom is 0.404 e. The molecule has 0 unspecified atom stereocenters. The molecule has 0 atom stereocenters. The van der Waals surface area contributed by atoms with Crippen LogP contribution in [0.15, 0.2) is 22.7 Å². The molecule has 13 heavy (non-hydrogen) atoms. The zero-order chi connectivity index (χ0) is 9.84. The van der Waals surface area contributed by atoms with Gasteiger partial charge in [0.1, 0.15) is 5.82 Å². The molecule has 0 fully saturated rings. The zero-order valence-electron chi connectivity index (χ0n) is 6.55. The highest BCUT2D eigenvalue weighted by Crippen LogP contribution is 2.15. The highest BCUT2D eigenvalue weighted by atomic mass is 79.9. The number of carbonyl (C=O) groups is 1. The van der Waals surface area contributed by atoms with Crippen molar-refractivity contribution in [1.29, 1.82) is 0 Å². The molecule has 1 amide bonds. The van der Waals surface area contributed by atoms with Gasteiger partial charge in [0.05, 0.1) is 0 Å². The van der Waals surface area contributed by atoms with Gasteiger partial charge in [0.2, 0.25) is 0 Å². The Morgan fingerprint density at radius 3 is 2.92 bits per heavy atom. The lowest BCUT2D eigenvalue weighted by molar-refractivity contribution is 0.194. The molecule has 0 aromatic heterocycles. The van der Waals surface area contributed by atoms with E-state index in [2.05, 4.69) is 21.2 Å². The van der Waals surface area contributed by atoms with E-state index in [4.69, 9.17) is 5.11 Å². The maximum atomic E-state index is 13.0. The van der Waals surface area contributed by atoms with Gasteiger partial charge in [0, 0.05) is 16.6 Å². The number of hydrogen-bond acceptors (Lipinski definition) is 1. The minimum atomic E-state index is -1.17. The molecule has 0 aliphatic carbocycles. The summed E-state index contributed by atoms with van der Waals surface area (Å²) in [5.41, 5.74) is 0.316. The Labute approximate surface area is 82.7 Å². The van der Waals surface area contributed by atoms with Crippen molar-refractivity contribution in [3.05, 3.63) is 34.1 Å². The third-order valence-corrected chi connectivity index (χ3v) is 1.93. The molecular formula is C8H7BrFNO2. The minimum absolute atomic E-state index is 0.0272. The van der Waals surface area contributed by atoms with Crippen molar-refractivity contribution in [3.63, 3.8) is 0 Å². The van der Waals surface area contributed by atoms with Crippen molar-refractivity contribution < 1.29 is 14.3 Å². The van der Waals surface area contributed by atoms with Gasteiger partial charge in [-0.2, -0.15) is 0 Å². The summed E-state index contributed by atoms with van der Waals surface area (Å²) in [6.45, 7) is -0.0272. The predicted molar refractivity (Wildman–Crippen MR) is 49.0 cm³/mol. The van der Waals surface area contributed by atoms with Crippen LogP contribution in [0, 0.1) is 5.82 Å². The Hall–Kier alpha value is -1.10. The topological polar surface area (TPSA) is 49.3 Å². The molecule has 0 heterocycles. The minimum Gasteiger partial charge on any atom is -0.465 e. The molecule has 0 aliphatic rings. The Kier molecular flexibility index (Phi) is 3.25. The Bertz CT molecular complexity index is 330. The second-order valence-electron chi connectivity index (χ2n) is 2.39. The van der Waals surface area contributed by atoms with Crippen molar-refractivity contribution in [2.75, 3.05) is 0 Å². The number of carboxylic acid groups (broad SMARTS) is 1. The molecule has 1 aromatic carbocycles. The number of rotatable bonds is 2. The van der Waals surface area contributed by atoms with E-state index in [1.54, 1.807) is 6.07 Å². The summed E-state index contributed by atoms with van der Waals surface area (Å²) >= 11 is 3.16. The summed E-state index contributed by atoms with van der Waals surface area (Å²) < 4.78 is 13.7. The molecule has 0 saturated carbocycles. The monoisotopic (exact) mass is 247 g/mol. The molecule has 0 bridgehead atoms. The van der Waals surface area contributed by atoms with Crippen molar-refractivity contribution in [1.82, 2.24) is 5.32 Å². The van der Waals surface area contributed by atoms with Gasteiger partial charge in [-0.3, -0.25) is 0 Å². The summed E-state index contributed by atoms with van der Waals surface area (Å²) in [5.74, 6) is -0.419. The van der Waals surface area contributed by atoms with Crippen LogP contribution in [0.1, 0.15) is 5.56 Å². The van der Waals surface area contributed by atoms with Gasteiger partial charge in [0.15, 0.2) is 0 Å². The van der Waals surface area contributed by atoms with Gasteiger partial charge in [-0.15, -0.1) is 0 Å². The fraction of sp³-hybridized carbons (Fsp3) is 0.125. The Morgan fingerprint density at radius 1 is 1.62 bits per heavy atom. The third-order valence-electron chi connectivity index (χ3n) is 1.44. The summed E-state index contributed by atoms with van der Waals surface area (Å²) in [4.78, 5) is 10.1. The Balaban J connectivity index is 2.75. The Morgan fingerprint density at radius 2 is 2.31 bits per heavy atom.